The normalized spacial score (nSPS) is 18.5. The maximum atomic E-state index is 15.7. The van der Waals surface area contributed by atoms with E-state index in [0.717, 1.165) is 47.8 Å². The quantitative estimate of drug-likeness (QED) is 0.0970. The molecular weight excluding hydrogens is 835 g/mol. The molecule has 332 valence electrons. The van der Waals surface area contributed by atoms with E-state index in [1.54, 1.807) is 31.6 Å². The highest BCUT2D eigenvalue weighted by atomic mass is 32.2. The average Bonchev–Trinajstić information content (AvgIpc) is 3.72. The second kappa shape index (κ2) is 18.4. The molecule has 16 nitrogen and oxygen atoms in total. The number of rotatable bonds is 13. The van der Waals surface area contributed by atoms with Crippen LogP contribution in [-0.2, 0) is 24.6 Å². The van der Waals surface area contributed by atoms with Crippen molar-refractivity contribution >= 4 is 56.3 Å². The molecule has 0 bridgehead atoms. The van der Waals surface area contributed by atoms with E-state index in [4.69, 9.17) is 0 Å². The van der Waals surface area contributed by atoms with Crippen molar-refractivity contribution in [2.45, 2.75) is 69.9 Å². The summed E-state index contributed by atoms with van der Waals surface area (Å²) in [5, 5.41) is 17.3. The molecule has 3 fully saturated rings. The Labute approximate surface area is 363 Å². The van der Waals surface area contributed by atoms with Gasteiger partial charge in [0.1, 0.15) is 23.6 Å². The number of carbonyl (C=O) groups excluding carboxylic acids is 3. The second-order valence-electron chi connectivity index (χ2n) is 16.4. The number of piperidine rings is 3. The minimum absolute atomic E-state index is 0.118. The van der Waals surface area contributed by atoms with E-state index in [1.807, 2.05) is 17.0 Å². The number of aliphatic hydroxyl groups is 1. The number of hydrogen-bond donors (Lipinski definition) is 5. The zero-order valence-corrected chi connectivity index (χ0v) is 35.8. The molecule has 2 atom stereocenters. The molecule has 5 aromatic rings. The first-order chi connectivity index (χ1) is 30.3. The van der Waals surface area contributed by atoms with E-state index in [0.29, 0.717) is 79.5 Å². The maximum Gasteiger partial charge on any atom is 0.301 e. The first kappa shape index (κ1) is 43.6. The molecular formula is C44H50F2N10O6S. The summed E-state index contributed by atoms with van der Waals surface area (Å²) in [4.78, 5) is 57.7. The number of nitrogens with one attached hydrogen (secondary N) is 4. The molecule has 6 heterocycles. The smallest absolute Gasteiger partial charge is 0.301 e. The number of carbonyl (C=O) groups is 3. The maximum absolute atomic E-state index is 15.7. The Morgan fingerprint density at radius 1 is 0.952 bits per heavy atom. The van der Waals surface area contributed by atoms with E-state index >= 15 is 8.78 Å². The van der Waals surface area contributed by atoms with Gasteiger partial charge in [0.05, 0.1) is 11.3 Å². The van der Waals surface area contributed by atoms with E-state index in [2.05, 4.69) is 52.3 Å². The summed E-state index contributed by atoms with van der Waals surface area (Å²) < 4.78 is 59.0. The lowest BCUT2D eigenvalue weighted by atomic mass is 9.88. The van der Waals surface area contributed by atoms with Crippen LogP contribution in [0.4, 0.5) is 26.1 Å². The van der Waals surface area contributed by atoms with Gasteiger partial charge < -0.3 is 25.2 Å². The van der Waals surface area contributed by atoms with Crippen molar-refractivity contribution in [1.29, 1.82) is 0 Å². The number of imide groups is 1. The molecule has 8 rings (SSSR count). The molecule has 2 unspecified atom stereocenters. The van der Waals surface area contributed by atoms with Crippen molar-refractivity contribution < 1.29 is 36.7 Å². The van der Waals surface area contributed by atoms with Crippen molar-refractivity contribution in [3.8, 4) is 11.1 Å². The molecule has 0 aliphatic carbocycles. The standard InChI is InChI=1S/C44H50F2N10O6S/c1-3-54(2)63(61,62)53-35-9-8-34(45)39(40(35)46)41(59)33-25-48-42-32(33)21-29(22-47-42)30-23-49-44(50-24-30)56-16-12-26(13-17-56)20-38(58)55-18-14-28(15-19-55)27-4-6-31(7-5-27)51-36-10-11-37(57)52-43(36)60/h4-9,21-26,28,36,41,51,53,59H,3,10-20H2,1-2H3,(H,47,48)(H,52,57,60). The molecule has 0 saturated carbocycles. The van der Waals surface area contributed by atoms with Gasteiger partial charge in [0, 0.05) is 105 Å². The minimum Gasteiger partial charge on any atom is -0.383 e. The molecule has 5 N–H and O–H groups in total. The van der Waals surface area contributed by atoms with Crippen molar-refractivity contribution in [2.24, 2.45) is 5.92 Å². The van der Waals surface area contributed by atoms with E-state index < -0.39 is 45.2 Å². The largest absolute Gasteiger partial charge is 0.383 e. The Hall–Kier alpha value is -6.05. The number of hydrogen-bond acceptors (Lipinski definition) is 11. The van der Waals surface area contributed by atoms with Gasteiger partial charge in [0.15, 0.2) is 5.82 Å². The van der Waals surface area contributed by atoms with Crippen LogP contribution in [0.2, 0.25) is 0 Å². The van der Waals surface area contributed by atoms with Gasteiger partial charge in [-0.05, 0) is 79.8 Å². The third-order valence-electron chi connectivity index (χ3n) is 12.5. The molecule has 3 aliphatic heterocycles. The van der Waals surface area contributed by atoms with Gasteiger partial charge in [-0.25, -0.2) is 23.7 Å². The topological polar surface area (TPSA) is 206 Å². The number of halogens is 2. The SMILES string of the molecule is CCN(C)S(=O)(=O)Nc1ccc(F)c(C(O)c2c[nH]c3ncc(-c4cnc(N5CCC(CC(=O)N6CCC(c7ccc(NC8CCC(=O)NC8=O)cc7)CC6)CC5)nc4)cc23)c1F. The number of pyridine rings is 1. The molecule has 63 heavy (non-hydrogen) atoms. The minimum atomic E-state index is -4.12. The fourth-order valence-electron chi connectivity index (χ4n) is 8.54. The molecule has 3 aromatic heterocycles. The third kappa shape index (κ3) is 9.50. The van der Waals surface area contributed by atoms with Gasteiger partial charge >= 0.3 is 10.2 Å². The number of nitrogens with zero attached hydrogens (tertiary/aromatic N) is 6. The second-order valence-corrected chi connectivity index (χ2v) is 18.2. The van der Waals surface area contributed by atoms with Gasteiger partial charge in [0.25, 0.3) is 0 Å². The number of benzene rings is 2. The van der Waals surface area contributed by atoms with Crippen LogP contribution in [0, 0.1) is 17.6 Å². The fraction of sp³-hybridized carbons (Fsp3) is 0.409. The summed E-state index contributed by atoms with van der Waals surface area (Å²) in [6.45, 7) is 4.56. The fourth-order valence-corrected chi connectivity index (χ4v) is 9.47. The summed E-state index contributed by atoms with van der Waals surface area (Å²) in [5.74, 6) is -1.47. The molecule has 0 radical (unpaired) electrons. The van der Waals surface area contributed by atoms with Gasteiger partial charge in [-0.3, -0.25) is 24.4 Å². The van der Waals surface area contributed by atoms with Crippen molar-refractivity contribution in [3.05, 3.63) is 95.6 Å². The van der Waals surface area contributed by atoms with Crippen LogP contribution in [0.25, 0.3) is 22.2 Å². The van der Waals surface area contributed by atoms with E-state index in [-0.39, 0.29) is 35.7 Å². The van der Waals surface area contributed by atoms with E-state index in [1.165, 1.54) is 18.8 Å². The number of aromatic amines is 1. The Kier molecular flexibility index (Phi) is 12.7. The lowest BCUT2D eigenvalue weighted by Gasteiger charge is -2.35. The number of anilines is 3. The lowest BCUT2D eigenvalue weighted by molar-refractivity contribution is -0.134. The predicted octanol–water partition coefficient (Wildman–Crippen LogP) is 5.22. The van der Waals surface area contributed by atoms with Crippen LogP contribution in [0.15, 0.2) is 67.3 Å². The summed E-state index contributed by atoms with van der Waals surface area (Å²) in [6, 6.07) is 11.2. The predicted molar refractivity (Wildman–Crippen MR) is 233 cm³/mol. The first-order valence-electron chi connectivity index (χ1n) is 21.2. The highest BCUT2D eigenvalue weighted by Gasteiger charge is 2.31. The summed E-state index contributed by atoms with van der Waals surface area (Å²) in [6.07, 6.45) is 9.26. The monoisotopic (exact) mass is 884 g/mol. The molecule has 3 amide bonds. The van der Waals surface area contributed by atoms with Gasteiger partial charge in [-0.15, -0.1) is 0 Å². The molecule has 2 aromatic carbocycles. The highest BCUT2D eigenvalue weighted by molar-refractivity contribution is 7.90. The van der Waals surface area contributed by atoms with Gasteiger partial charge in [-0.2, -0.15) is 12.7 Å². The Balaban J connectivity index is 0.832. The van der Waals surface area contributed by atoms with Gasteiger partial charge in [0.2, 0.25) is 23.7 Å². The van der Waals surface area contributed by atoms with Crippen molar-refractivity contribution in [2.75, 3.05) is 54.7 Å². The van der Waals surface area contributed by atoms with Crippen molar-refractivity contribution in [3.63, 3.8) is 0 Å². The van der Waals surface area contributed by atoms with Crippen LogP contribution in [0.3, 0.4) is 0 Å². The molecule has 3 saturated heterocycles. The highest BCUT2D eigenvalue weighted by Crippen LogP contribution is 2.36. The summed E-state index contributed by atoms with van der Waals surface area (Å²) in [5.41, 5.74) is 2.56. The Morgan fingerprint density at radius 3 is 2.33 bits per heavy atom. The number of likely N-dealkylation sites (tertiary alicyclic amines) is 1. The average molecular weight is 885 g/mol. The van der Waals surface area contributed by atoms with Gasteiger partial charge in [-0.1, -0.05) is 19.1 Å². The Morgan fingerprint density at radius 2 is 1.65 bits per heavy atom. The number of H-pyrrole nitrogens is 1. The van der Waals surface area contributed by atoms with Crippen LogP contribution in [-0.4, -0.2) is 106 Å². The first-order valence-corrected chi connectivity index (χ1v) is 22.6. The Bertz CT molecular complexity index is 2600. The number of fused-ring (bicyclic) bond motifs is 1. The van der Waals surface area contributed by atoms with Crippen LogP contribution < -0.4 is 20.3 Å². The van der Waals surface area contributed by atoms with Crippen molar-refractivity contribution in [1.82, 2.24) is 34.5 Å². The van der Waals surface area contributed by atoms with Crippen LogP contribution >= 0.6 is 0 Å². The van der Waals surface area contributed by atoms with E-state index in [9.17, 15) is 27.9 Å². The number of aliphatic hydroxyl groups excluding tert-OH is 1. The molecule has 19 heteroatoms. The number of amides is 3. The summed E-state index contributed by atoms with van der Waals surface area (Å²) >= 11 is 0. The zero-order chi connectivity index (χ0) is 44.4. The molecule has 0 spiro atoms. The lowest BCUT2D eigenvalue weighted by Crippen LogP contribution is -2.47. The third-order valence-corrected chi connectivity index (χ3v) is 14.1. The number of aromatic nitrogens is 4. The molecule has 3 aliphatic rings. The zero-order valence-electron chi connectivity index (χ0n) is 35.0. The van der Waals surface area contributed by atoms with Crippen LogP contribution in [0.5, 0.6) is 0 Å². The van der Waals surface area contributed by atoms with Crippen LogP contribution in [0.1, 0.15) is 80.6 Å². The summed E-state index contributed by atoms with van der Waals surface area (Å²) in [7, 11) is -2.81.